The minimum absolute atomic E-state index is 0.00111. The van der Waals surface area contributed by atoms with E-state index < -0.39 is 0 Å². The van der Waals surface area contributed by atoms with Crippen molar-refractivity contribution in [3.05, 3.63) is 11.8 Å². The van der Waals surface area contributed by atoms with Crippen molar-refractivity contribution >= 4 is 23.6 Å². The summed E-state index contributed by atoms with van der Waals surface area (Å²) < 4.78 is 6.71. The van der Waals surface area contributed by atoms with Crippen molar-refractivity contribution in [3.63, 3.8) is 0 Å². The van der Waals surface area contributed by atoms with Crippen LogP contribution in [0.3, 0.4) is 0 Å². The number of ether oxygens (including phenoxy) is 1. The van der Waals surface area contributed by atoms with E-state index in [4.69, 9.17) is 10.1 Å². The molecule has 90 valence electrons. The third kappa shape index (κ3) is 2.56. The summed E-state index contributed by atoms with van der Waals surface area (Å²) in [5.41, 5.74) is 0.802. The van der Waals surface area contributed by atoms with Crippen molar-refractivity contribution in [2.45, 2.75) is 12.5 Å². The molecule has 1 aliphatic heterocycles. The second kappa shape index (κ2) is 5.91. The Morgan fingerprint density at radius 1 is 1.75 bits per heavy atom. The van der Waals surface area contributed by atoms with Gasteiger partial charge in [-0.2, -0.15) is 0 Å². The van der Waals surface area contributed by atoms with Crippen molar-refractivity contribution < 1.29 is 9.53 Å². The van der Waals surface area contributed by atoms with Crippen molar-refractivity contribution in [3.8, 4) is 0 Å². The zero-order valence-corrected chi connectivity index (χ0v) is 10.6. The number of hydrogen-bond donors (Lipinski definition) is 2. The van der Waals surface area contributed by atoms with Gasteiger partial charge in [-0.05, 0) is 6.42 Å². The second-order valence-electron chi connectivity index (χ2n) is 3.46. The summed E-state index contributed by atoms with van der Waals surface area (Å²) in [5.74, 6) is -0.248. The number of nitrogens with zero attached hydrogens (tertiary/aromatic N) is 1. The maximum absolute atomic E-state index is 11.9. The Morgan fingerprint density at radius 2 is 2.44 bits per heavy atom. The van der Waals surface area contributed by atoms with Gasteiger partial charge in [0.15, 0.2) is 0 Å². The molecule has 5 nitrogen and oxygen atoms in total. The molecule has 6 heteroatoms. The maximum Gasteiger partial charge on any atom is 0.282 e. The lowest BCUT2D eigenvalue weighted by atomic mass is 9.97. The molecule has 0 radical (unpaired) electrons. The normalized spacial score (nSPS) is 24.1. The van der Waals surface area contributed by atoms with Gasteiger partial charge in [0, 0.05) is 32.2 Å². The molecule has 1 rings (SSSR count). The molecule has 1 heterocycles. The Morgan fingerprint density at radius 3 is 2.94 bits per heavy atom. The van der Waals surface area contributed by atoms with Crippen molar-refractivity contribution in [2.75, 3.05) is 27.0 Å². The monoisotopic (exact) mass is 243 g/mol. The molecule has 0 aromatic carbocycles. The van der Waals surface area contributed by atoms with Gasteiger partial charge in [-0.3, -0.25) is 14.5 Å². The predicted octanol–water partition coefficient (Wildman–Crippen LogP) is 0.635. The second-order valence-corrected chi connectivity index (χ2v) is 4.22. The van der Waals surface area contributed by atoms with E-state index in [0.717, 1.165) is 5.57 Å². The van der Waals surface area contributed by atoms with E-state index in [1.165, 1.54) is 11.9 Å². The summed E-state index contributed by atoms with van der Waals surface area (Å²) in [6, 6.07) is 0.00111. The Balaban J connectivity index is 2.90. The van der Waals surface area contributed by atoms with Crippen LogP contribution in [0.1, 0.15) is 6.42 Å². The Kier molecular flexibility index (Phi) is 4.82. The minimum Gasteiger partial charge on any atom is -0.394 e. The quantitative estimate of drug-likeness (QED) is 0.711. The van der Waals surface area contributed by atoms with Gasteiger partial charge in [0.2, 0.25) is 0 Å². The number of carbonyl (C=O) groups excluding carboxylic acids is 1. The first-order valence-corrected chi connectivity index (χ1v) is 6.15. The fraction of sp³-hybridized carbons (Fsp3) is 0.600. The number of nitrogens with one attached hydrogen (secondary N) is 2. The van der Waals surface area contributed by atoms with Gasteiger partial charge in [0.1, 0.15) is 5.71 Å². The zero-order chi connectivity index (χ0) is 12.1. The molecule has 1 unspecified atom stereocenters. The van der Waals surface area contributed by atoms with Gasteiger partial charge in [-0.15, -0.1) is 0 Å². The zero-order valence-electron chi connectivity index (χ0n) is 9.74. The lowest BCUT2D eigenvalue weighted by Crippen LogP contribution is -2.47. The lowest BCUT2D eigenvalue weighted by Gasteiger charge is -2.34. The smallest absolute Gasteiger partial charge is 0.282 e. The van der Waals surface area contributed by atoms with Crippen LogP contribution in [-0.2, 0) is 9.53 Å². The van der Waals surface area contributed by atoms with E-state index in [1.807, 2.05) is 6.26 Å². The highest BCUT2D eigenvalue weighted by atomic mass is 32.2. The van der Waals surface area contributed by atoms with Gasteiger partial charge in [0.05, 0.1) is 12.6 Å². The standard InChI is InChI=1S/C10H17N3O2S/c1-12-5-7-4-8(6-15-2)13(16-3)10(14)9(7)11/h5,8,11-12H,4,6H2,1-3H3/b7-5-,11-9?. The Bertz CT molecular complexity index is 317. The Labute approximate surface area is 99.9 Å². The van der Waals surface area contributed by atoms with Gasteiger partial charge >= 0.3 is 0 Å². The first-order chi connectivity index (χ1) is 7.65. The maximum atomic E-state index is 11.9. The average molecular weight is 243 g/mol. The van der Waals surface area contributed by atoms with Crippen LogP contribution < -0.4 is 5.32 Å². The molecular weight excluding hydrogens is 226 g/mol. The van der Waals surface area contributed by atoms with E-state index in [1.54, 1.807) is 24.7 Å². The summed E-state index contributed by atoms with van der Waals surface area (Å²) in [7, 11) is 3.38. The van der Waals surface area contributed by atoms with Crippen LogP contribution in [0.2, 0.25) is 0 Å². The molecule has 0 saturated carbocycles. The summed E-state index contributed by atoms with van der Waals surface area (Å²) in [6.07, 6.45) is 4.20. The van der Waals surface area contributed by atoms with Gasteiger partial charge in [0.25, 0.3) is 5.91 Å². The molecule has 0 bridgehead atoms. The van der Waals surface area contributed by atoms with Gasteiger partial charge in [-0.25, -0.2) is 0 Å². The summed E-state index contributed by atoms with van der Waals surface area (Å²) >= 11 is 1.34. The molecule has 0 aromatic heterocycles. The highest BCUT2D eigenvalue weighted by Crippen LogP contribution is 2.25. The van der Waals surface area contributed by atoms with Crippen molar-refractivity contribution in [2.24, 2.45) is 0 Å². The van der Waals surface area contributed by atoms with Crippen molar-refractivity contribution in [1.82, 2.24) is 9.62 Å². The molecule has 1 atom stereocenters. The van der Waals surface area contributed by atoms with Gasteiger partial charge in [-0.1, -0.05) is 11.9 Å². The van der Waals surface area contributed by atoms with Crippen LogP contribution in [0.5, 0.6) is 0 Å². The summed E-state index contributed by atoms with van der Waals surface area (Å²) in [4.78, 5) is 11.9. The molecule has 1 amide bonds. The van der Waals surface area contributed by atoms with E-state index in [0.29, 0.717) is 13.0 Å². The van der Waals surface area contributed by atoms with Crippen LogP contribution in [0.25, 0.3) is 0 Å². The molecule has 1 fully saturated rings. The molecule has 1 aliphatic rings. The predicted molar refractivity (Wildman–Crippen MR) is 65.5 cm³/mol. The lowest BCUT2D eigenvalue weighted by molar-refractivity contribution is -0.122. The summed E-state index contributed by atoms with van der Waals surface area (Å²) in [5, 5.41) is 10.6. The van der Waals surface area contributed by atoms with Crippen molar-refractivity contribution in [1.29, 1.82) is 5.41 Å². The number of amides is 1. The number of piperidine rings is 1. The van der Waals surface area contributed by atoms with Crippen LogP contribution in [0.15, 0.2) is 11.8 Å². The molecule has 16 heavy (non-hydrogen) atoms. The highest BCUT2D eigenvalue weighted by molar-refractivity contribution is 7.96. The largest absolute Gasteiger partial charge is 0.394 e. The summed E-state index contributed by atoms with van der Waals surface area (Å²) in [6.45, 7) is 0.487. The topological polar surface area (TPSA) is 65.4 Å². The molecule has 0 spiro atoms. The SMILES string of the molecule is CN/C=C1/CC(COC)N(SC)C(=O)C1=N. The van der Waals surface area contributed by atoms with E-state index in [2.05, 4.69) is 5.32 Å². The Hall–Kier alpha value is -1.01. The van der Waals surface area contributed by atoms with Crippen LogP contribution in [0, 0.1) is 5.41 Å². The van der Waals surface area contributed by atoms with Crippen LogP contribution >= 0.6 is 11.9 Å². The molecular formula is C10H17N3O2S. The van der Waals surface area contributed by atoms with E-state index in [9.17, 15) is 4.79 Å². The van der Waals surface area contributed by atoms with Crippen LogP contribution in [-0.4, -0.2) is 49.0 Å². The van der Waals surface area contributed by atoms with Gasteiger partial charge < -0.3 is 10.1 Å². The number of hydrogen-bond acceptors (Lipinski definition) is 5. The molecule has 2 N–H and O–H groups in total. The van der Waals surface area contributed by atoms with Crippen LogP contribution in [0.4, 0.5) is 0 Å². The number of rotatable bonds is 4. The first kappa shape index (κ1) is 13.1. The first-order valence-electron chi connectivity index (χ1n) is 4.97. The fourth-order valence-corrected chi connectivity index (χ4v) is 2.40. The molecule has 1 saturated heterocycles. The minimum atomic E-state index is -0.248. The third-order valence-corrected chi connectivity index (χ3v) is 3.25. The molecule has 0 aliphatic carbocycles. The van der Waals surface area contributed by atoms with E-state index in [-0.39, 0.29) is 17.7 Å². The number of methoxy groups -OCH3 is 1. The number of carbonyl (C=O) groups is 1. The fourth-order valence-electron chi connectivity index (χ4n) is 1.71. The van der Waals surface area contributed by atoms with E-state index >= 15 is 0 Å². The highest BCUT2D eigenvalue weighted by Gasteiger charge is 2.34. The third-order valence-electron chi connectivity index (χ3n) is 2.40. The molecule has 0 aromatic rings. The average Bonchev–Trinajstić information content (AvgIpc) is 2.27.